The van der Waals surface area contributed by atoms with Gasteiger partial charge >= 0.3 is 0 Å². The lowest BCUT2D eigenvalue weighted by Gasteiger charge is -2.33. The second-order valence-electron chi connectivity index (χ2n) is 6.06. The van der Waals surface area contributed by atoms with Crippen molar-refractivity contribution in [3.63, 3.8) is 0 Å². The summed E-state index contributed by atoms with van der Waals surface area (Å²) in [5.74, 6) is 0.723. The second-order valence-corrected chi connectivity index (χ2v) is 6.06. The molecule has 1 amide bonds. The van der Waals surface area contributed by atoms with Crippen LogP contribution < -0.4 is 10.1 Å². The number of benzene rings is 1. The first kappa shape index (κ1) is 16.5. The summed E-state index contributed by atoms with van der Waals surface area (Å²) < 4.78 is 5.36. The minimum Gasteiger partial charge on any atom is -0.478 e. The molecule has 5 nitrogen and oxygen atoms in total. The summed E-state index contributed by atoms with van der Waals surface area (Å²) in [4.78, 5) is 18.5. The summed E-state index contributed by atoms with van der Waals surface area (Å²) in [6, 6.07) is 14.3. The fourth-order valence-corrected chi connectivity index (χ4v) is 3.03. The largest absolute Gasteiger partial charge is 0.478 e. The maximum atomic E-state index is 12.0. The Balaban J connectivity index is 1.59. The Morgan fingerprint density at radius 1 is 1.21 bits per heavy atom. The van der Waals surface area contributed by atoms with E-state index in [0.29, 0.717) is 19.0 Å². The van der Waals surface area contributed by atoms with E-state index in [1.165, 1.54) is 5.56 Å². The fraction of sp³-hybridized carbons (Fsp3) is 0.368. The highest BCUT2D eigenvalue weighted by Crippen LogP contribution is 2.13. The number of aromatic nitrogens is 1. The molecule has 24 heavy (non-hydrogen) atoms. The monoisotopic (exact) mass is 325 g/mol. The Bertz CT molecular complexity index is 658. The standard InChI is InChI=1S/C19H23N3O2/c1-2-24-19-9-8-16(11-20-19)12-22-13-17(21-18(23)14-22)10-15-6-4-3-5-7-15/h3-9,11,17H,2,10,12-14H2,1H3,(H,21,23)/t17-/m0/s1. The summed E-state index contributed by atoms with van der Waals surface area (Å²) in [6.07, 6.45) is 2.67. The highest BCUT2D eigenvalue weighted by molar-refractivity contribution is 5.79. The van der Waals surface area contributed by atoms with Crippen LogP contribution in [0.3, 0.4) is 0 Å². The van der Waals surface area contributed by atoms with Gasteiger partial charge in [0.05, 0.1) is 13.2 Å². The van der Waals surface area contributed by atoms with E-state index in [1.807, 2.05) is 43.5 Å². The van der Waals surface area contributed by atoms with Crippen LogP contribution in [0.2, 0.25) is 0 Å². The third-order valence-electron chi connectivity index (χ3n) is 4.03. The van der Waals surface area contributed by atoms with Crippen molar-refractivity contribution in [2.45, 2.75) is 25.9 Å². The molecule has 0 unspecified atom stereocenters. The molecular formula is C19H23N3O2. The lowest BCUT2D eigenvalue weighted by Crippen LogP contribution is -2.54. The van der Waals surface area contributed by atoms with Crippen molar-refractivity contribution in [3.8, 4) is 5.88 Å². The molecule has 0 radical (unpaired) electrons. The van der Waals surface area contributed by atoms with Crippen molar-refractivity contribution in [1.29, 1.82) is 0 Å². The van der Waals surface area contributed by atoms with E-state index in [-0.39, 0.29) is 11.9 Å². The van der Waals surface area contributed by atoms with Crippen LogP contribution in [0.4, 0.5) is 0 Å². The maximum absolute atomic E-state index is 12.0. The van der Waals surface area contributed by atoms with Gasteiger partial charge in [0.15, 0.2) is 0 Å². The van der Waals surface area contributed by atoms with Gasteiger partial charge in [0.25, 0.3) is 0 Å². The van der Waals surface area contributed by atoms with Gasteiger partial charge in [-0.1, -0.05) is 36.4 Å². The van der Waals surface area contributed by atoms with E-state index >= 15 is 0 Å². The van der Waals surface area contributed by atoms with Crippen LogP contribution in [0, 0.1) is 0 Å². The third-order valence-corrected chi connectivity index (χ3v) is 4.03. The Kier molecular flexibility index (Phi) is 5.43. The molecule has 0 aliphatic carbocycles. The molecular weight excluding hydrogens is 302 g/mol. The molecule has 1 N–H and O–H groups in total. The van der Waals surface area contributed by atoms with E-state index < -0.39 is 0 Å². The highest BCUT2D eigenvalue weighted by Gasteiger charge is 2.24. The van der Waals surface area contributed by atoms with E-state index in [4.69, 9.17) is 4.74 Å². The average Bonchev–Trinajstić information content (AvgIpc) is 2.57. The fourth-order valence-electron chi connectivity index (χ4n) is 3.03. The quantitative estimate of drug-likeness (QED) is 0.883. The molecule has 1 saturated heterocycles. The average molecular weight is 325 g/mol. The molecule has 0 bridgehead atoms. The molecule has 5 heteroatoms. The summed E-state index contributed by atoms with van der Waals surface area (Å²) in [7, 11) is 0. The molecule has 2 aromatic rings. The normalized spacial score (nSPS) is 18.2. The Labute approximate surface area is 142 Å². The van der Waals surface area contributed by atoms with Crippen molar-refractivity contribution < 1.29 is 9.53 Å². The molecule has 1 atom stereocenters. The predicted octanol–water partition coefficient (Wildman–Crippen LogP) is 2.02. The van der Waals surface area contributed by atoms with E-state index in [1.54, 1.807) is 0 Å². The predicted molar refractivity (Wildman–Crippen MR) is 92.8 cm³/mol. The zero-order chi connectivity index (χ0) is 16.8. The number of carbonyl (C=O) groups is 1. The van der Waals surface area contributed by atoms with Crippen molar-refractivity contribution in [2.24, 2.45) is 0 Å². The topological polar surface area (TPSA) is 54.5 Å². The zero-order valence-electron chi connectivity index (χ0n) is 13.9. The SMILES string of the molecule is CCOc1ccc(CN2CC(=O)N[C@@H](Cc3ccccc3)C2)cn1. The van der Waals surface area contributed by atoms with Crippen LogP contribution in [0.25, 0.3) is 0 Å². The molecule has 3 rings (SSSR count). The first-order valence-corrected chi connectivity index (χ1v) is 8.36. The Hall–Kier alpha value is -2.40. The summed E-state index contributed by atoms with van der Waals surface area (Å²) in [5, 5.41) is 3.09. The summed E-state index contributed by atoms with van der Waals surface area (Å²) >= 11 is 0. The first-order chi connectivity index (χ1) is 11.7. The first-order valence-electron chi connectivity index (χ1n) is 8.36. The van der Waals surface area contributed by atoms with Gasteiger partial charge in [0.1, 0.15) is 0 Å². The third kappa shape index (κ3) is 4.55. The maximum Gasteiger partial charge on any atom is 0.234 e. The zero-order valence-corrected chi connectivity index (χ0v) is 13.9. The molecule has 0 spiro atoms. The number of pyridine rings is 1. The Morgan fingerprint density at radius 3 is 2.75 bits per heavy atom. The number of hydrogen-bond donors (Lipinski definition) is 1. The molecule has 1 fully saturated rings. The number of ether oxygens (including phenoxy) is 1. The van der Waals surface area contributed by atoms with E-state index in [0.717, 1.165) is 25.1 Å². The van der Waals surface area contributed by atoms with Crippen molar-refractivity contribution in [1.82, 2.24) is 15.2 Å². The van der Waals surface area contributed by atoms with Crippen LogP contribution in [-0.4, -0.2) is 41.5 Å². The molecule has 1 aliphatic heterocycles. The van der Waals surface area contributed by atoms with Crippen LogP contribution in [-0.2, 0) is 17.8 Å². The van der Waals surface area contributed by atoms with Gasteiger partial charge in [-0.2, -0.15) is 0 Å². The van der Waals surface area contributed by atoms with Gasteiger partial charge in [-0.3, -0.25) is 9.69 Å². The number of nitrogens with one attached hydrogen (secondary N) is 1. The van der Waals surface area contributed by atoms with E-state index in [9.17, 15) is 4.79 Å². The van der Waals surface area contributed by atoms with Crippen molar-refractivity contribution in [3.05, 3.63) is 59.8 Å². The minimum absolute atomic E-state index is 0.0843. The van der Waals surface area contributed by atoms with Gasteiger partial charge in [-0.15, -0.1) is 0 Å². The molecule has 2 heterocycles. The highest BCUT2D eigenvalue weighted by atomic mass is 16.5. The number of nitrogens with zero attached hydrogens (tertiary/aromatic N) is 2. The second kappa shape index (κ2) is 7.93. The number of carbonyl (C=O) groups excluding carboxylic acids is 1. The van der Waals surface area contributed by atoms with Gasteiger partial charge in [-0.05, 0) is 24.5 Å². The van der Waals surface area contributed by atoms with Gasteiger partial charge in [0, 0.05) is 31.4 Å². The summed E-state index contributed by atoms with van der Waals surface area (Å²) in [6.45, 7) is 4.54. The summed E-state index contributed by atoms with van der Waals surface area (Å²) in [5.41, 5.74) is 2.33. The van der Waals surface area contributed by atoms with Gasteiger partial charge in [0.2, 0.25) is 11.8 Å². The van der Waals surface area contributed by atoms with Crippen LogP contribution >= 0.6 is 0 Å². The smallest absolute Gasteiger partial charge is 0.234 e. The molecule has 1 aromatic carbocycles. The number of hydrogen-bond acceptors (Lipinski definition) is 4. The van der Waals surface area contributed by atoms with Crippen molar-refractivity contribution >= 4 is 5.91 Å². The molecule has 1 aromatic heterocycles. The molecule has 1 aliphatic rings. The number of rotatable bonds is 6. The number of amides is 1. The van der Waals surface area contributed by atoms with Gasteiger partial charge in [-0.25, -0.2) is 4.98 Å². The molecule has 126 valence electrons. The van der Waals surface area contributed by atoms with Crippen LogP contribution in [0.15, 0.2) is 48.7 Å². The van der Waals surface area contributed by atoms with E-state index in [2.05, 4.69) is 27.3 Å². The van der Waals surface area contributed by atoms with Gasteiger partial charge < -0.3 is 10.1 Å². The minimum atomic E-state index is 0.0843. The van der Waals surface area contributed by atoms with Crippen molar-refractivity contribution in [2.75, 3.05) is 19.7 Å². The Morgan fingerprint density at radius 2 is 2.04 bits per heavy atom. The lowest BCUT2D eigenvalue weighted by atomic mass is 10.0. The number of piperazine rings is 1. The van der Waals surface area contributed by atoms with Crippen LogP contribution in [0.1, 0.15) is 18.1 Å². The molecule has 0 saturated carbocycles. The lowest BCUT2D eigenvalue weighted by molar-refractivity contribution is -0.125. The van der Waals surface area contributed by atoms with Crippen LogP contribution in [0.5, 0.6) is 5.88 Å².